The van der Waals surface area contributed by atoms with E-state index >= 15 is 0 Å². The summed E-state index contributed by atoms with van der Waals surface area (Å²) in [6.07, 6.45) is 0.115. The van der Waals surface area contributed by atoms with Gasteiger partial charge in [0.05, 0.1) is 6.10 Å². The Bertz CT molecular complexity index is 491. The van der Waals surface area contributed by atoms with Crippen LogP contribution in [0.25, 0.3) is 11.1 Å². The van der Waals surface area contributed by atoms with Crippen molar-refractivity contribution in [1.82, 2.24) is 0 Å². The third-order valence-electron chi connectivity index (χ3n) is 2.95. The predicted molar refractivity (Wildman–Crippen MR) is 71.7 cm³/mol. The Morgan fingerprint density at radius 3 is 2.35 bits per heavy atom. The molecule has 0 spiro atoms. The summed E-state index contributed by atoms with van der Waals surface area (Å²) in [5.41, 5.74) is 10.0. The van der Waals surface area contributed by atoms with Crippen LogP contribution in [0, 0.1) is 0 Å². The molecule has 0 heterocycles. The van der Waals surface area contributed by atoms with Gasteiger partial charge in [-0.2, -0.15) is 0 Å². The quantitative estimate of drug-likeness (QED) is 0.812. The first-order valence-electron chi connectivity index (χ1n) is 5.69. The molecular formula is C15H17NO. The molecule has 0 aliphatic carbocycles. The Balaban J connectivity index is 2.36. The summed E-state index contributed by atoms with van der Waals surface area (Å²) in [5, 5.41) is 0. The first-order chi connectivity index (χ1) is 8.20. The first kappa shape index (κ1) is 11.7. The van der Waals surface area contributed by atoms with Crippen LogP contribution < -0.4 is 5.73 Å². The highest BCUT2D eigenvalue weighted by Gasteiger charge is 2.05. The fourth-order valence-corrected chi connectivity index (χ4v) is 1.78. The molecule has 0 aliphatic rings. The van der Waals surface area contributed by atoms with Crippen molar-refractivity contribution in [2.75, 3.05) is 12.8 Å². The highest BCUT2D eigenvalue weighted by molar-refractivity contribution is 5.66. The topological polar surface area (TPSA) is 35.2 Å². The molecule has 2 aromatic carbocycles. The minimum absolute atomic E-state index is 0.115. The number of ether oxygens (including phenoxy) is 1. The number of benzene rings is 2. The smallest absolute Gasteiger partial charge is 0.0793 e. The van der Waals surface area contributed by atoms with E-state index in [-0.39, 0.29) is 6.10 Å². The molecule has 0 aromatic heterocycles. The Hall–Kier alpha value is -1.80. The maximum atomic E-state index is 5.68. The number of anilines is 1. The largest absolute Gasteiger partial charge is 0.399 e. The molecule has 1 atom stereocenters. The molecule has 2 nitrogen and oxygen atoms in total. The summed E-state index contributed by atoms with van der Waals surface area (Å²) in [7, 11) is 1.72. The third kappa shape index (κ3) is 2.66. The van der Waals surface area contributed by atoms with E-state index in [2.05, 4.69) is 24.3 Å². The number of methoxy groups -OCH3 is 1. The molecular weight excluding hydrogens is 210 g/mol. The first-order valence-corrected chi connectivity index (χ1v) is 5.69. The van der Waals surface area contributed by atoms with Crippen LogP contribution in [0.4, 0.5) is 5.69 Å². The molecule has 1 unspecified atom stereocenters. The molecule has 0 fully saturated rings. The zero-order chi connectivity index (χ0) is 12.3. The van der Waals surface area contributed by atoms with Crippen molar-refractivity contribution in [2.45, 2.75) is 13.0 Å². The number of nitrogens with two attached hydrogens (primary N) is 1. The van der Waals surface area contributed by atoms with E-state index in [0.717, 1.165) is 5.69 Å². The molecule has 2 rings (SSSR count). The van der Waals surface area contributed by atoms with E-state index in [1.54, 1.807) is 7.11 Å². The average Bonchev–Trinajstić information content (AvgIpc) is 2.39. The molecule has 88 valence electrons. The summed E-state index contributed by atoms with van der Waals surface area (Å²) in [6, 6.07) is 16.3. The second-order valence-corrected chi connectivity index (χ2v) is 4.13. The molecule has 17 heavy (non-hydrogen) atoms. The number of hydrogen-bond donors (Lipinski definition) is 1. The van der Waals surface area contributed by atoms with Crippen LogP contribution >= 0.6 is 0 Å². The average molecular weight is 227 g/mol. The Labute approximate surface area is 102 Å². The van der Waals surface area contributed by atoms with Crippen LogP contribution in [0.5, 0.6) is 0 Å². The monoisotopic (exact) mass is 227 g/mol. The van der Waals surface area contributed by atoms with E-state index in [1.165, 1.54) is 16.7 Å². The van der Waals surface area contributed by atoms with Crippen molar-refractivity contribution in [3.05, 3.63) is 54.1 Å². The molecule has 2 aromatic rings. The number of rotatable bonds is 3. The van der Waals surface area contributed by atoms with E-state index < -0.39 is 0 Å². The lowest BCUT2D eigenvalue weighted by Crippen LogP contribution is -1.95. The Kier molecular flexibility index (Phi) is 3.45. The molecule has 2 heteroatoms. The van der Waals surface area contributed by atoms with E-state index in [1.807, 2.05) is 31.2 Å². The lowest BCUT2D eigenvalue weighted by atomic mass is 10.0. The summed E-state index contributed by atoms with van der Waals surface area (Å²) in [5.74, 6) is 0. The highest BCUT2D eigenvalue weighted by Crippen LogP contribution is 2.24. The van der Waals surface area contributed by atoms with Crippen molar-refractivity contribution in [3.8, 4) is 11.1 Å². The summed E-state index contributed by atoms with van der Waals surface area (Å²) in [6.45, 7) is 2.04. The van der Waals surface area contributed by atoms with E-state index in [9.17, 15) is 0 Å². The molecule has 0 radical (unpaired) electrons. The van der Waals surface area contributed by atoms with Crippen LogP contribution in [0.15, 0.2) is 48.5 Å². The van der Waals surface area contributed by atoms with Crippen LogP contribution in [-0.2, 0) is 4.74 Å². The predicted octanol–water partition coefficient (Wildman–Crippen LogP) is 3.64. The standard InChI is InChI=1S/C15H17NO/c1-11(17-2)13-4-3-5-14(10-13)12-6-8-15(16)9-7-12/h3-11H,16H2,1-2H3. The van der Waals surface area contributed by atoms with Crippen LogP contribution in [0.1, 0.15) is 18.6 Å². The van der Waals surface area contributed by atoms with Gasteiger partial charge in [-0.15, -0.1) is 0 Å². The Morgan fingerprint density at radius 2 is 1.71 bits per heavy atom. The Morgan fingerprint density at radius 1 is 1.00 bits per heavy atom. The summed E-state index contributed by atoms with van der Waals surface area (Å²) >= 11 is 0. The zero-order valence-electron chi connectivity index (χ0n) is 10.2. The summed E-state index contributed by atoms with van der Waals surface area (Å²) < 4.78 is 5.33. The van der Waals surface area contributed by atoms with Gasteiger partial charge in [-0.25, -0.2) is 0 Å². The van der Waals surface area contributed by atoms with Crippen molar-refractivity contribution < 1.29 is 4.74 Å². The SMILES string of the molecule is COC(C)c1cccc(-c2ccc(N)cc2)c1. The zero-order valence-corrected chi connectivity index (χ0v) is 10.2. The normalized spacial score (nSPS) is 12.4. The molecule has 0 amide bonds. The van der Waals surface area contributed by atoms with Crippen molar-refractivity contribution in [3.63, 3.8) is 0 Å². The molecule has 2 N–H and O–H groups in total. The van der Waals surface area contributed by atoms with Gasteiger partial charge >= 0.3 is 0 Å². The van der Waals surface area contributed by atoms with Gasteiger partial charge in [-0.3, -0.25) is 0 Å². The van der Waals surface area contributed by atoms with Crippen molar-refractivity contribution >= 4 is 5.69 Å². The van der Waals surface area contributed by atoms with Gasteiger partial charge in [-0.1, -0.05) is 30.3 Å². The minimum Gasteiger partial charge on any atom is -0.399 e. The minimum atomic E-state index is 0.115. The van der Waals surface area contributed by atoms with Gasteiger partial charge in [0, 0.05) is 12.8 Å². The van der Waals surface area contributed by atoms with Crippen LogP contribution in [-0.4, -0.2) is 7.11 Å². The maximum Gasteiger partial charge on any atom is 0.0793 e. The molecule has 0 bridgehead atoms. The molecule has 0 saturated heterocycles. The van der Waals surface area contributed by atoms with Gasteiger partial charge in [0.25, 0.3) is 0 Å². The fraction of sp³-hybridized carbons (Fsp3) is 0.200. The van der Waals surface area contributed by atoms with Gasteiger partial charge in [0.1, 0.15) is 0 Å². The lowest BCUT2D eigenvalue weighted by molar-refractivity contribution is 0.119. The van der Waals surface area contributed by atoms with Gasteiger partial charge in [0.15, 0.2) is 0 Å². The second kappa shape index (κ2) is 5.02. The molecule has 0 saturated carbocycles. The van der Waals surface area contributed by atoms with Crippen molar-refractivity contribution in [2.24, 2.45) is 0 Å². The van der Waals surface area contributed by atoms with Gasteiger partial charge in [-0.05, 0) is 41.8 Å². The summed E-state index contributed by atoms with van der Waals surface area (Å²) in [4.78, 5) is 0. The second-order valence-electron chi connectivity index (χ2n) is 4.13. The van der Waals surface area contributed by atoms with Crippen molar-refractivity contribution in [1.29, 1.82) is 0 Å². The molecule has 0 aliphatic heterocycles. The maximum absolute atomic E-state index is 5.68. The van der Waals surface area contributed by atoms with E-state index in [0.29, 0.717) is 0 Å². The number of hydrogen-bond acceptors (Lipinski definition) is 2. The highest BCUT2D eigenvalue weighted by atomic mass is 16.5. The van der Waals surface area contributed by atoms with Crippen LogP contribution in [0.2, 0.25) is 0 Å². The van der Waals surface area contributed by atoms with Gasteiger partial charge in [0.2, 0.25) is 0 Å². The fourth-order valence-electron chi connectivity index (χ4n) is 1.78. The lowest BCUT2D eigenvalue weighted by Gasteiger charge is -2.11. The van der Waals surface area contributed by atoms with Crippen LogP contribution in [0.3, 0.4) is 0 Å². The van der Waals surface area contributed by atoms with E-state index in [4.69, 9.17) is 10.5 Å². The number of nitrogen functional groups attached to an aromatic ring is 1. The third-order valence-corrected chi connectivity index (χ3v) is 2.95. The van der Waals surface area contributed by atoms with Gasteiger partial charge < -0.3 is 10.5 Å².